The zero-order chi connectivity index (χ0) is 18.5. The quantitative estimate of drug-likeness (QED) is 0.521. The lowest BCUT2D eigenvalue weighted by Crippen LogP contribution is -2.37. The molecule has 0 saturated carbocycles. The van der Waals surface area contributed by atoms with Crippen LogP contribution in [0, 0.1) is 24.0 Å². The number of aromatic nitrogens is 4. The Morgan fingerprint density at radius 1 is 1.16 bits per heavy atom. The van der Waals surface area contributed by atoms with E-state index in [1.54, 1.807) is 0 Å². The van der Waals surface area contributed by atoms with Crippen LogP contribution in [0.25, 0.3) is 11.2 Å². The van der Waals surface area contributed by atoms with Gasteiger partial charge in [0.25, 0.3) is 5.52 Å². The van der Waals surface area contributed by atoms with Crippen molar-refractivity contribution in [3.63, 3.8) is 0 Å². The minimum absolute atomic E-state index is 0.0957. The van der Waals surface area contributed by atoms with Crippen molar-refractivity contribution in [3.05, 3.63) is 65.8 Å². The standard InChI is InChI=1S/C16H17N5O4/c1-9-5-6-10(2)11(7-9)8-20-13-12(17-15(20)21(24)25)14(22)19(4)16(23)18(13)3/h5-7H,8H2,1-4H3. The van der Waals surface area contributed by atoms with E-state index in [2.05, 4.69) is 4.98 Å². The summed E-state index contributed by atoms with van der Waals surface area (Å²) in [4.78, 5) is 39.2. The average Bonchev–Trinajstić information content (AvgIpc) is 2.94. The number of benzene rings is 1. The molecule has 0 N–H and O–H groups in total. The summed E-state index contributed by atoms with van der Waals surface area (Å²) in [6.45, 7) is 3.97. The summed E-state index contributed by atoms with van der Waals surface area (Å²) in [6, 6.07) is 5.79. The molecule has 1 aromatic carbocycles. The van der Waals surface area contributed by atoms with E-state index in [-0.39, 0.29) is 17.7 Å². The van der Waals surface area contributed by atoms with E-state index in [1.165, 1.54) is 23.2 Å². The Labute approximate surface area is 141 Å². The van der Waals surface area contributed by atoms with Crippen molar-refractivity contribution in [1.82, 2.24) is 18.7 Å². The molecular formula is C16H17N5O4. The smallest absolute Gasteiger partial charge is 0.390 e. The Kier molecular flexibility index (Phi) is 3.78. The fourth-order valence-corrected chi connectivity index (χ4v) is 2.90. The van der Waals surface area contributed by atoms with E-state index in [0.29, 0.717) is 0 Å². The second-order valence-electron chi connectivity index (χ2n) is 6.06. The zero-order valence-corrected chi connectivity index (χ0v) is 14.3. The second kappa shape index (κ2) is 5.69. The molecule has 0 fully saturated rings. The molecule has 3 aromatic rings. The molecule has 2 heterocycles. The third-order valence-corrected chi connectivity index (χ3v) is 4.32. The molecular weight excluding hydrogens is 326 g/mol. The molecule has 9 heteroatoms. The zero-order valence-electron chi connectivity index (χ0n) is 14.3. The van der Waals surface area contributed by atoms with Crippen LogP contribution in [0.4, 0.5) is 5.95 Å². The maximum Gasteiger partial charge on any atom is 0.437 e. The SMILES string of the molecule is Cc1ccc(C)c(Cn2c([N+](=O)[O-])nc3c(=O)n(C)c(=O)n(C)c32)c1. The third kappa shape index (κ3) is 2.53. The van der Waals surface area contributed by atoms with Crippen LogP contribution in [0.15, 0.2) is 27.8 Å². The normalized spacial score (nSPS) is 11.2. The summed E-state index contributed by atoms with van der Waals surface area (Å²) >= 11 is 0. The van der Waals surface area contributed by atoms with E-state index < -0.39 is 22.1 Å². The molecule has 2 aromatic heterocycles. The average molecular weight is 343 g/mol. The van der Waals surface area contributed by atoms with Gasteiger partial charge in [0.15, 0.2) is 0 Å². The van der Waals surface area contributed by atoms with Crippen LogP contribution in [-0.2, 0) is 20.6 Å². The van der Waals surface area contributed by atoms with E-state index in [9.17, 15) is 19.7 Å². The molecule has 0 aliphatic carbocycles. The topological polar surface area (TPSA) is 105 Å². The lowest BCUT2D eigenvalue weighted by Gasteiger charge is -2.09. The van der Waals surface area contributed by atoms with Gasteiger partial charge in [0, 0.05) is 14.1 Å². The molecule has 0 amide bonds. The number of aryl methyl sites for hydroxylation is 3. The van der Waals surface area contributed by atoms with Crippen LogP contribution in [0.1, 0.15) is 16.7 Å². The Morgan fingerprint density at radius 3 is 2.48 bits per heavy atom. The van der Waals surface area contributed by atoms with Crippen molar-refractivity contribution in [3.8, 4) is 0 Å². The molecule has 9 nitrogen and oxygen atoms in total. The number of rotatable bonds is 3. The van der Waals surface area contributed by atoms with Crippen LogP contribution in [0.3, 0.4) is 0 Å². The maximum absolute atomic E-state index is 12.3. The molecule has 0 aliphatic rings. The fraction of sp³-hybridized carbons (Fsp3) is 0.312. The molecule has 130 valence electrons. The van der Waals surface area contributed by atoms with E-state index in [1.807, 2.05) is 32.0 Å². The molecule has 0 bridgehead atoms. The van der Waals surface area contributed by atoms with Crippen molar-refractivity contribution >= 4 is 17.1 Å². The predicted octanol–water partition coefficient (Wildman–Crippen LogP) is 1.01. The van der Waals surface area contributed by atoms with Crippen molar-refractivity contribution in [1.29, 1.82) is 0 Å². The summed E-state index contributed by atoms with van der Waals surface area (Å²) in [7, 11) is 2.79. The number of fused-ring (bicyclic) bond motifs is 1. The largest absolute Gasteiger partial charge is 0.437 e. The van der Waals surface area contributed by atoms with Crippen LogP contribution in [0.5, 0.6) is 0 Å². The van der Waals surface area contributed by atoms with Crippen LogP contribution < -0.4 is 11.2 Å². The summed E-state index contributed by atoms with van der Waals surface area (Å²) in [5, 5.41) is 11.5. The monoisotopic (exact) mass is 343 g/mol. The minimum Gasteiger partial charge on any atom is -0.390 e. The highest BCUT2D eigenvalue weighted by Gasteiger charge is 2.28. The lowest BCUT2D eigenvalue weighted by atomic mass is 10.1. The van der Waals surface area contributed by atoms with Gasteiger partial charge in [-0.3, -0.25) is 13.9 Å². The minimum atomic E-state index is -0.652. The van der Waals surface area contributed by atoms with Crippen molar-refractivity contribution in [2.45, 2.75) is 20.4 Å². The number of nitro groups is 1. The number of hydrogen-bond donors (Lipinski definition) is 0. The van der Waals surface area contributed by atoms with Gasteiger partial charge in [-0.05, 0) is 29.9 Å². The first-order chi connectivity index (χ1) is 11.7. The predicted molar refractivity (Wildman–Crippen MR) is 91.9 cm³/mol. The molecule has 0 unspecified atom stereocenters. The van der Waals surface area contributed by atoms with Gasteiger partial charge in [-0.25, -0.2) is 9.36 Å². The summed E-state index contributed by atoms with van der Waals surface area (Å²) in [5.41, 5.74) is 1.65. The Morgan fingerprint density at radius 2 is 1.84 bits per heavy atom. The van der Waals surface area contributed by atoms with Gasteiger partial charge in [0.2, 0.25) is 5.65 Å². The second-order valence-corrected chi connectivity index (χ2v) is 6.06. The van der Waals surface area contributed by atoms with Crippen LogP contribution in [0.2, 0.25) is 0 Å². The first-order valence-electron chi connectivity index (χ1n) is 7.59. The van der Waals surface area contributed by atoms with Gasteiger partial charge in [0.05, 0.1) is 6.54 Å². The Bertz CT molecular complexity index is 1140. The lowest BCUT2D eigenvalue weighted by molar-refractivity contribution is -0.396. The van der Waals surface area contributed by atoms with Gasteiger partial charge >= 0.3 is 17.2 Å². The first-order valence-corrected chi connectivity index (χ1v) is 7.59. The highest BCUT2D eigenvalue weighted by molar-refractivity contribution is 5.73. The van der Waals surface area contributed by atoms with Crippen LogP contribution in [-0.4, -0.2) is 23.6 Å². The summed E-state index contributed by atoms with van der Waals surface area (Å²) in [6.07, 6.45) is 0. The Balaban J connectivity index is 2.39. The van der Waals surface area contributed by atoms with E-state index >= 15 is 0 Å². The van der Waals surface area contributed by atoms with Gasteiger partial charge < -0.3 is 10.1 Å². The third-order valence-electron chi connectivity index (χ3n) is 4.32. The number of hydrogen-bond acceptors (Lipinski definition) is 5. The molecule has 0 aliphatic heterocycles. The molecule has 25 heavy (non-hydrogen) atoms. The van der Waals surface area contributed by atoms with E-state index in [0.717, 1.165) is 21.3 Å². The van der Waals surface area contributed by atoms with E-state index in [4.69, 9.17) is 0 Å². The number of imidazole rings is 1. The summed E-state index contributed by atoms with van der Waals surface area (Å²) in [5.74, 6) is -0.464. The van der Waals surface area contributed by atoms with Gasteiger partial charge in [-0.15, -0.1) is 0 Å². The highest BCUT2D eigenvalue weighted by Crippen LogP contribution is 2.21. The van der Waals surface area contributed by atoms with Gasteiger partial charge in [-0.2, -0.15) is 0 Å². The number of nitrogens with zero attached hydrogens (tertiary/aromatic N) is 5. The van der Waals surface area contributed by atoms with Gasteiger partial charge in [0.1, 0.15) is 0 Å². The molecule has 0 radical (unpaired) electrons. The van der Waals surface area contributed by atoms with Crippen molar-refractivity contribution < 1.29 is 4.92 Å². The summed E-state index contributed by atoms with van der Waals surface area (Å²) < 4.78 is 3.41. The fourth-order valence-electron chi connectivity index (χ4n) is 2.90. The Hall–Kier alpha value is -3.23. The maximum atomic E-state index is 12.3. The first kappa shape index (κ1) is 16.6. The molecule has 0 saturated heterocycles. The van der Waals surface area contributed by atoms with Crippen LogP contribution >= 0.6 is 0 Å². The van der Waals surface area contributed by atoms with Crippen molar-refractivity contribution in [2.75, 3.05) is 0 Å². The molecule has 3 rings (SSSR count). The molecule has 0 atom stereocenters. The van der Waals surface area contributed by atoms with Crippen molar-refractivity contribution in [2.24, 2.45) is 14.1 Å². The highest BCUT2D eigenvalue weighted by atomic mass is 16.6. The van der Waals surface area contributed by atoms with Gasteiger partial charge in [-0.1, -0.05) is 28.7 Å². The molecule has 0 spiro atoms.